The predicted molar refractivity (Wildman–Crippen MR) is 128 cm³/mol. The van der Waals surface area contributed by atoms with Gasteiger partial charge in [0.1, 0.15) is 12.1 Å². The first-order valence-electron chi connectivity index (χ1n) is 10.9. The highest BCUT2D eigenvalue weighted by molar-refractivity contribution is 5.93. The van der Waals surface area contributed by atoms with Crippen LogP contribution in [0.5, 0.6) is 0 Å². The minimum absolute atomic E-state index is 0.270. The first-order valence-corrected chi connectivity index (χ1v) is 10.9. The molecule has 2 heterocycles. The molecular formula is C25H25N5O4. The van der Waals surface area contributed by atoms with Crippen molar-refractivity contribution in [2.24, 2.45) is 0 Å². The van der Waals surface area contributed by atoms with Crippen molar-refractivity contribution < 1.29 is 14.3 Å². The lowest BCUT2D eigenvalue weighted by Crippen LogP contribution is -2.31. The molecule has 9 nitrogen and oxygen atoms in total. The van der Waals surface area contributed by atoms with E-state index in [1.54, 1.807) is 49.0 Å². The second-order valence-corrected chi connectivity index (χ2v) is 7.98. The summed E-state index contributed by atoms with van der Waals surface area (Å²) in [5.41, 5.74) is 4.41. The van der Waals surface area contributed by atoms with Crippen LogP contribution >= 0.6 is 0 Å². The molecule has 1 amide bonds. The predicted octanol–water partition coefficient (Wildman–Crippen LogP) is 3.32. The lowest BCUT2D eigenvalue weighted by atomic mass is 10.1. The van der Waals surface area contributed by atoms with Gasteiger partial charge in [-0.2, -0.15) is 10.2 Å². The number of aryl methyl sites for hydroxylation is 3. The van der Waals surface area contributed by atoms with Gasteiger partial charge in [-0.1, -0.05) is 6.07 Å². The molecule has 174 valence electrons. The molecule has 4 aromatic rings. The number of benzene rings is 2. The van der Waals surface area contributed by atoms with Crippen LogP contribution in [0.3, 0.4) is 0 Å². The number of nitrogens with one attached hydrogen (secondary N) is 1. The number of amides is 1. The molecule has 0 aliphatic carbocycles. The SMILES string of the molecule is CCOC(=O)c1ccc(NC(=O)Cn2nc(C)c3cnn(-c4ccc(C)c(C)c4)c3c2=O)cc1. The van der Waals surface area contributed by atoms with Crippen LogP contribution in [-0.4, -0.2) is 38.0 Å². The molecule has 34 heavy (non-hydrogen) atoms. The first kappa shape index (κ1) is 22.9. The minimum Gasteiger partial charge on any atom is -0.462 e. The summed E-state index contributed by atoms with van der Waals surface area (Å²) in [5.74, 6) is -0.852. The van der Waals surface area contributed by atoms with Crippen LogP contribution in [0, 0.1) is 20.8 Å². The van der Waals surface area contributed by atoms with Crippen LogP contribution in [0.15, 0.2) is 53.5 Å². The van der Waals surface area contributed by atoms with Gasteiger partial charge in [-0.05, 0) is 75.2 Å². The fourth-order valence-electron chi connectivity index (χ4n) is 3.62. The number of carbonyl (C=O) groups excluding carboxylic acids is 2. The third-order valence-corrected chi connectivity index (χ3v) is 5.57. The Kier molecular flexibility index (Phi) is 6.27. The van der Waals surface area contributed by atoms with E-state index in [9.17, 15) is 14.4 Å². The lowest BCUT2D eigenvalue weighted by Gasteiger charge is -2.10. The number of carbonyl (C=O) groups is 2. The molecule has 0 radical (unpaired) electrons. The van der Waals surface area contributed by atoms with E-state index in [4.69, 9.17) is 4.74 Å². The summed E-state index contributed by atoms with van der Waals surface area (Å²) in [6, 6.07) is 12.2. The maximum absolute atomic E-state index is 13.3. The van der Waals surface area contributed by atoms with E-state index < -0.39 is 17.4 Å². The zero-order chi connectivity index (χ0) is 24.4. The van der Waals surface area contributed by atoms with Gasteiger partial charge in [0.15, 0.2) is 0 Å². The Labute approximate surface area is 196 Å². The summed E-state index contributed by atoms with van der Waals surface area (Å²) in [6.07, 6.45) is 1.61. The van der Waals surface area contributed by atoms with Crippen molar-refractivity contribution in [1.82, 2.24) is 19.6 Å². The molecule has 4 rings (SSSR count). The largest absolute Gasteiger partial charge is 0.462 e. The zero-order valence-corrected chi connectivity index (χ0v) is 19.5. The zero-order valence-electron chi connectivity index (χ0n) is 19.5. The number of nitrogens with zero attached hydrogens (tertiary/aromatic N) is 4. The van der Waals surface area contributed by atoms with Crippen LogP contribution < -0.4 is 10.9 Å². The van der Waals surface area contributed by atoms with Crippen molar-refractivity contribution in [3.05, 3.63) is 81.4 Å². The lowest BCUT2D eigenvalue weighted by molar-refractivity contribution is -0.117. The number of hydrogen-bond donors (Lipinski definition) is 1. The Balaban J connectivity index is 1.60. The topological polar surface area (TPSA) is 108 Å². The number of anilines is 1. The van der Waals surface area contributed by atoms with Crippen LogP contribution in [0.2, 0.25) is 0 Å². The molecule has 0 spiro atoms. The van der Waals surface area contributed by atoms with Gasteiger partial charge >= 0.3 is 5.97 Å². The van der Waals surface area contributed by atoms with Crippen molar-refractivity contribution in [2.45, 2.75) is 34.2 Å². The molecule has 9 heteroatoms. The van der Waals surface area contributed by atoms with Gasteiger partial charge < -0.3 is 10.1 Å². The van der Waals surface area contributed by atoms with Crippen LogP contribution in [-0.2, 0) is 16.1 Å². The summed E-state index contributed by atoms with van der Waals surface area (Å²) in [6.45, 7) is 7.54. The maximum atomic E-state index is 13.3. The Bertz CT molecular complexity index is 1450. The van der Waals surface area contributed by atoms with Gasteiger partial charge in [0, 0.05) is 11.1 Å². The summed E-state index contributed by atoms with van der Waals surface area (Å²) in [7, 11) is 0. The average molecular weight is 460 g/mol. The molecule has 0 saturated carbocycles. The number of aromatic nitrogens is 4. The Morgan fingerprint density at radius 2 is 1.76 bits per heavy atom. The molecule has 1 N–H and O–H groups in total. The molecule has 0 saturated heterocycles. The Morgan fingerprint density at radius 3 is 2.44 bits per heavy atom. The standard InChI is InChI=1S/C25H25N5O4/c1-5-34-25(33)18-7-9-19(10-8-18)27-22(31)14-29-24(32)23-21(17(4)28-29)13-26-30(23)20-11-6-15(2)16(3)12-20/h6-13H,5,14H2,1-4H3,(H,27,31). The monoisotopic (exact) mass is 459 g/mol. The summed E-state index contributed by atoms with van der Waals surface area (Å²) >= 11 is 0. The van der Waals surface area contributed by atoms with E-state index in [-0.39, 0.29) is 13.2 Å². The summed E-state index contributed by atoms with van der Waals surface area (Å²) in [5, 5.41) is 12.1. The number of rotatable bonds is 6. The third-order valence-electron chi connectivity index (χ3n) is 5.57. The van der Waals surface area contributed by atoms with E-state index in [1.807, 2.05) is 32.0 Å². The highest BCUT2D eigenvalue weighted by Crippen LogP contribution is 2.19. The molecule has 0 aliphatic rings. The van der Waals surface area contributed by atoms with Gasteiger partial charge in [-0.25, -0.2) is 14.2 Å². The Hall–Kier alpha value is -4.27. The van der Waals surface area contributed by atoms with Gasteiger partial charge in [-0.15, -0.1) is 0 Å². The van der Waals surface area contributed by atoms with Crippen LogP contribution in [0.25, 0.3) is 16.6 Å². The van der Waals surface area contributed by atoms with E-state index in [1.165, 1.54) is 0 Å². The fourth-order valence-corrected chi connectivity index (χ4v) is 3.62. The van der Waals surface area contributed by atoms with Gasteiger partial charge in [0.2, 0.25) is 5.91 Å². The van der Waals surface area contributed by atoms with Gasteiger partial charge in [0.05, 0.1) is 29.7 Å². The molecule has 0 aliphatic heterocycles. The molecule has 0 unspecified atom stereocenters. The second-order valence-electron chi connectivity index (χ2n) is 7.98. The highest BCUT2D eigenvalue weighted by atomic mass is 16.5. The fraction of sp³-hybridized carbons (Fsp3) is 0.240. The van der Waals surface area contributed by atoms with E-state index in [0.29, 0.717) is 27.8 Å². The van der Waals surface area contributed by atoms with Crippen LogP contribution in [0.4, 0.5) is 5.69 Å². The van der Waals surface area contributed by atoms with Gasteiger partial charge in [0.25, 0.3) is 5.56 Å². The highest BCUT2D eigenvalue weighted by Gasteiger charge is 2.17. The molecule has 2 aromatic carbocycles. The minimum atomic E-state index is -0.430. The van der Waals surface area contributed by atoms with Crippen molar-refractivity contribution in [3.63, 3.8) is 0 Å². The van der Waals surface area contributed by atoms with Crippen molar-refractivity contribution in [3.8, 4) is 5.69 Å². The summed E-state index contributed by atoms with van der Waals surface area (Å²) < 4.78 is 7.68. The summed E-state index contributed by atoms with van der Waals surface area (Å²) in [4.78, 5) is 37.7. The van der Waals surface area contributed by atoms with E-state index in [0.717, 1.165) is 21.5 Å². The molecule has 0 atom stereocenters. The number of esters is 1. The molecule has 0 fully saturated rings. The number of fused-ring (bicyclic) bond motifs is 1. The van der Waals surface area contributed by atoms with Gasteiger partial charge in [-0.3, -0.25) is 9.59 Å². The molecular weight excluding hydrogens is 434 g/mol. The van der Waals surface area contributed by atoms with Crippen LogP contribution in [0.1, 0.15) is 34.1 Å². The molecule has 0 bridgehead atoms. The van der Waals surface area contributed by atoms with E-state index >= 15 is 0 Å². The third kappa shape index (κ3) is 4.45. The number of hydrogen-bond acceptors (Lipinski definition) is 6. The first-order chi connectivity index (χ1) is 16.3. The molecule has 2 aromatic heterocycles. The van der Waals surface area contributed by atoms with Crippen molar-refractivity contribution in [1.29, 1.82) is 0 Å². The smallest absolute Gasteiger partial charge is 0.338 e. The quantitative estimate of drug-likeness (QED) is 0.443. The second kappa shape index (κ2) is 9.30. The van der Waals surface area contributed by atoms with Crippen molar-refractivity contribution >= 4 is 28.5 Å². The Morgan fingerprint density at radius 1 is 1.03 bits per heavy atom. The maximum Gasteiger partial charge on any atom is 0.338 e. The number of ether oxygens (including phenoxy) is 1. The van der Waals surface area contributed by atoms with E-state index in [2.05, 4.69) is 15.5 Å². The normalized spacial score (nSPS) is 10.9. The average Bonchev–Trinajstić information content (AvgIpc) is 3.26. The van der Waals surface area contributed by atoms with Crippen molar-refractivity contribution in [2.75, 3.05) is 11.9 Å².